The number of aromatic carboxylic acids is 1. The molecule has 0 saturated heterocycles. The highest BCUT2D eigenvalue weighted by molar-refractivity contribution is 7.18. The number of carboxylic acid groups (broad SMARTS) is 1. The van der Waals surface area contributed by atoms with Crippen LogP contribution in [0.5, 0.6) is 0 Å². The molecule has 3 aromatic rings. The normalized spacial score (nSPS) is 13.0. The van der Waals surface area contributed by atoms with Gasteiger partial charge in [-0.05, 0) is 30.4 Å². The number of hydrogen-bond donors (Lipinski definition) is 4. The fraction of sp³-hybridized carbons (Fsp3) is 0.222. The van der Waals surface area contributed by atoms with Gasteiger partial charge >= 0.3 is 5.97 Å². The van der Waals surface area contributed by atoms with Crippen molar-refractivity contribution in [2.75, 3.05) is 0 Å². The Kier molecular flexibility index (Phi) is 6.90. The van der Waals surface area contributed by atoms with Gasteiger partial charge in [-0.2, -0.15) is 0 Å². The van der Waals surface area contributed by atoms with Gasteiger partial charge < -0.3 is 21.6 Å². The van der Waals surface area contributed by atoms with E-state index in [0.717, 1.165) is 30.4 Å². The van der Waals surface area contributed by atoms with Gasteiger partial charge in [0.25, 0.3) is 5.56 Å². The summed E-state index contributed by atoms with van der Waals surface area (Å²) >= 11 is 1.44. The number of carbonyl (C=O) groups excluding carboxylic acids is 1. The highest BCUT2D eigenvalue weighted by Crippen LogP contribution is 2.34. The zero-order valence-corrected chi connectivity index (χ0v) is 16.3. The third-order valence-corrected chi connectivity index (χ3v) is 5.43. The van der Waals surface area contributed by atoms with Crippen LogP contribution in [0.4, 0.5) is 0 Å². The lowest BCUT2D eigenvalue weighted by atomic mass is 10.1. The maximum Gasteiger partial charge on any atom is 0.372 e. The lowest BCUT2D eigenvalue weighted by Gasteiger charge is -2.05. The first-order valence-corrected chi connectivity index (χ1v) is 9.08. The molecule has 0 bridgehead atoms. The van der Waals surface area contributed by atoms with Gasteiger partial charge in [-0.15, -0.1) is 23.7 Å². The molecular weight excluding hydrogens is 404 g/mol. The molecule has 1 aliphatic carbocycles. The number of aromatic nitrogens is 2. The van der Waals surface area contributed by atoms with E-state index in [1.165, 1.54) is 16.2 Å². The van der Waals surface area contributed by atoms with Crippen LogP contribution >= 0.6 is 23.7 Å². The quantitative estimate of drug-likeness (QED) is 0.504. The van der Waals surface area contributed by atoms with E-state index in [0.29, 0.717) is 10.2 Å². The number of primary amides is 1. The van der Waals surface area contributed by atoms with Crippen LogP contribution in [0, 0.1) is 0 Å². The molecule has 2 heterocycles. The summed E-state index contributed by atoms with van der Waals surface area (Å²) in [5.41, 5.74) is 11.9. The lowest BCUT2D eigenvalue weighted by Crippen LogP contribution is -2.27. The summed E-state index contributed by atoms with van der Waals surface area (Å²) in [6.07, 6.45) is 2.93. The Bertz CT molecular complexity index is 1060. The Hall–Kier alpha value is -2.75. The van der Waals surface area contributed by atoms with Crippen LogP contribution in [-0.2, 0) is 17.6 Å². The van der Waals surface area contributed by atoms with Crippen molar-refractivity contribution in [3.8, 4) is 0 Å². The summed E-state index contributed by atoms with van der Waals surface area (Å²) < 4.78 is 0. The van der Waals surface area contributed by atoms with Gasteiger partial charge in [0.2, 0.25) is 11.7 Å². The highest BCUT2D eigenvalue weighted by atomic mass is 35.5. The van der Waals surface area contributed by atoms with Gasteiger partial charge in [-0.3, -0.25) is 9.59 Å². The van der Waals surface area contributed by atoms with Crippen molar-refractivity contribution < 1.29 is 14.7 Å². The van der Waals surface area contributed by atoms with Crippen LogP contribution in [0.2, 0.25) is 0 Å². The maximum atomic E-state index is 11.8. The molecular formula is C18H19ClN4O4S. The third kappa shape index (κ3) is 4.38. The van der Waals surface area contributed by atoms with E-state index in [2.05, 4.69) is 9.97 Å². The molecule has 0 radical (unpaired) electrons. The van der Waals surface area contributed by atoms with Crippen molar-refractivity contribution in [2.24, 2.45) is 11.5 Å². The maximum absolute atomic E-state index is 11.8. The second-order valence-electron chi connectivity index (χ2n) is 6.05. The average molecular weight is 423 g/mol. The minimum absolute atomic E-state index is 0. The number of H-pyrrole nitrogens is 1. The first-order chi connectivity index (χ1) is 12.9. The smallest absolute Gasteiger partial charge is 0.372 e. The number of halogens is 1. The van der Waals surface area contributed by atoms with Crippen molar-refractivity contribution in [2.45, 2.75) is 25.3 Å². The van der Waals surface area contributed by atoms with Crippen LogP contribution in [0.3, 0.4) is 0 Å². The number of aryl methyl sites for hydroxylation is 2. The minimum Gasteiger partial charge on any atom is -0.475 e. The molecule has 0 aliphatic heterocycles. The van der Waals surface area contributed by atoms with Gasteiger partial charge in [0.05, 0.1) is 5.39 Å². The van der Waals surface area contributed by atoms with Crippen LogP contribution in [0.1, 0.15) is 39.1 Å². The number of carboxylic acids is 1. The van der Waals surface area contributed by atoms with Crippen molar-refractivity contribution in [1.82, 2.24) is 9.97 Å². The summed E-state index contributed by atoms with van der Waals surface area (Å²) in [7, 11) is 0. The summed E-state index contributed by atoms with van der Waals surface area (Å²) in [5.74, 6) is -1.99. The van der Waals surface area contributed by atoms with E-state index >= 15 is 0 Å². The number of amides is 1. The van der Waals surface area contributed by atoms with E-state index in [9.17, 15) is 14.4 Å². The molecule has 0 fully saturated rings. The first-order valence-electron chi connectivity index (χ1n) is 8.26. The van der Waals surface area contributed by atoms with Gasteiger partial charge in [-0.25, -0.2) is 9.78 Å². The van der Waals surface area contributed by atoms with Crippen molar-refractivity contribution in [3.05, 3.63) is 62.5 Å². The molecule has 0 saturated carbocycles. The molecule has 10 heteroatoms. The number of aromatic amines is 1. The summed E-state index contributed by atoms with van der Waals surface area (Å²) in [4.78, 5) is 41.1. The molecule has 0 spiro atoms. The van der Waals surface area contributed by atoms with E-state index in [4.69, 9.17) is 16.6 Å². The summed E-state index contributed by atoms with van der Waals surface area (Å²) in [5, 5.41) is 9.37. The molecule has 1 aliphatic rings. The molecule has 2 aromatic heterocycles. The van der Waals surface area contributed by atoms with Crippen LogP contribution < -0.4 is 17.0 Å². The standard InChI is InChI=1S/C10H8N2O3S.C8H10N2O.ClH/c13-8-6-4-2-1-3-5(4)16-9(6)12-7(11-8)10(14)15;9-7(8(10)11)6-4-2-1-3-5-6;/h1-3H2,(H,14,15)(H,11,12,13);1-5,7H,9H2,(H2,10,11);1H/t;7-;/m.1./s1. The Balaban J connectivity index is 0.000000208. The molecule has 1 aromatic carbocycles. The fourth-order valence-corrected chi connectivity index (χ4v) is 4.19. The Morgan fingerprint density at radius 2 is 1.89 bits per heavy atom. The number of fused-ring (bicyclic) bond motifs is 3. The second-order valence-corrected chi connectivity index (χ2v) is 7.13. The predicted octanol–water partition coefficient (Wildman–Crippen LogP) is 1.77. The highest BCUT2D eigenvalue weighted by Gasteiger charge is 2.22. The number of hydrogen-bond acceptors (Lipinski definition) is 6. The number of thiophene rings is 1. The number of carbonyl (C=O) groups is 2. The van der Waals surface area contributed by atoms with E-state index in [-0.39, 0.29) is 23.8 Å². The molecule has 8 nitrogen and oxygen atoms in total. The van der Waals surface area contributed by atoms with Gasteiger partial charge in [0.15, 0.2) is 0 Å². The van der Waals surface area contributed by atoms with Crippen LogP contribution in [0.15, 0.2) is 35.1 Å². The predicted molar refractivity (Wildman–Crippen MR) is 109 cm³/mol. The molecule has 6 N–H and O–H groups in total. The number of nitrogens with zero attached hydrogens (tertiary/aromatic N) is 1. The van der Waals surface area contributed by atoms with E-state index < -0.39 is 17.9 Å². The van der Waals surface area contributed by atoms with Crippen LogP contribution in [0.25, 0.3) is 10.2 Å². The molecule has 28 heavy (non-hydrogen) atoms. The summed E-state index contributed by atoms with van der Waals surface area (Å²) in [6, 6.07) is 8.36. The monoisotopic (exact) mass is 422 g/mol. The molecule has 148 valence electrons. The zero-order valence-electron chi connectivity index (χ0n) is 14.7. The number of nitrogens with two attached hydrogens (primary N) is 2. The second kappa shape index (κ2) is 8.96. The summed E-state index contributed by atoms with van der Waals surface area (Å²) in [6.45, 7) is 0. The minimum atomic E-state index is -1.20. The molecule has 1 atom stereocenters. The van der Waals surface area contributed by atoms with E-state index in [1.807, 2.05) is 18.2 Å². The third-order valence-electron chi connectivity index (χ3n) is 4.24. The van der Waals surface area contributed by atoms with Gasteiger partial charge in [0.1, 0.15) is 10.9 Å². The largest absolute Gasteiger partial charge is 0.475 e. The Morgan fingerprint density at radius 3 is 2.50 bits per heavy atom. The first kappa shape index (κ1) is 21.5. The van der Waals surface area contributed by atoms with Gasteiger partial charge in [-0.1, -0.05) is 30.3 Å². The zero-order chi connectivity index (χ0) is 19.6. The topological polar surface area (TPSA) is 152 Å². The van der Waals surface area contributed by atoms with Crippen molar-refractivity contribution in [3.63, 3.8) is 0 Å². The Morgan fingerprint density at radius 1 is 1.21 bits per heavy atom. The number of rotatable bonds is 3. The molecule has 4 rings (SSSR count). The fourth-order valence-electron chi connectivity index (χ4n) is 2.93. The van der Waals surface area contributed by atoms with Crippen molar-refractivity contribution >= 4 is 45.8 Å². The van der Waals surface area contributed by atoms with Gasteiger partial charge in [0, 0.05) is 4.88 Å². The van der Waals surface area contributed by atoms with E-state index in [1.54, 1.807) is 12.1 Å². The van der Waals surface area contributed by atoms with Crippen LogP contribution in [-0.4, -0.2) is 27.0 Å². The molecule has 1 amide bonds. The number of nitrogens with one attached hydrogen (secondary N) is 1. The van der Waals surface area contributed by atoms with Crippen molar-refractivity contribution in [1.29, 1.82) is 0 Å². The number of benzene rings is 1. The lowest BCUT2D eigenvalue weighted by molar-refractivity contribution is -0.119. The average Bonchev–Trinajstić information content (AvgIpc) is 3.22. The molecule has 0 unspecified atom stereocenters. The Labute approximate surface area is 170 Å². The SMILES string of the molecule is Cl.NC(=O)[C@H](N)c1ccccc1.O=C(O)c1nc2sc3c(c2c(=O)[nH]1)CCC3.